The molecule has 0 atom stereocenters. The van der Waals surface area contributed by atoms with E-state index in [9.17, 15) is 9.90 Å². The first-order valence-corrected chi connectivity index (χ1v) is 9.83. The van der Waals surface area contributed by atoms with E-state index < -0.39 is 11.6 Å². The summed E-state index contributed by atoms with van der Waals surface area (Å²) in [7, 11) is 0. The third kappa shape index (κ3) is 3.17. The summed E-state index contributed by atoms with van der Waals surface area (Å²) < 4.78 is 0. The van der Waals surface area contributed by atoms with Crippen molar-refractivity contribution in [2.24, 2.45) is 0 Å². The van der Waals surface area contributed by atoms with Crippen molar-refractivity contribution in [2.75, 3.05) is 5.73 Å². The Bertz CT molecular complexity index is 991. The molecule has 27 heavy (non-hydrogen) atoms. The molecule has 2 aromatic heterocycles. The zero-order valence-corrected chi connectivity index (χ0v) is 15.8. The minimum Gasteiger partial charge on any atom is -0.465 e. The van der Waals surface area contributed by atoms with E-state index >= 15 is 0 Å². The monoisotopic (exact) mass is 379 g/mol. The van der Waals surface area contributed by atoms with Crippen LogP contribution in [0.4, 0.5) is 10.5 Å². The molecule has 1 saturated carbocycles. The van der Waals surface area contributed by atoms with Crippen molar-refractivity contribution in [1.29, 1.82) is 0 Å². The first-order chi connectivity index (χ1) is 13.0. The van der Waals surface area contributed by atoms with Gasteiger partial charge in [0, 0.05) is 11.1 Å². The number of benzene rings is 1. The number of nitrogens with one attached hydrogen (secondary N) is 1. The van der Waals surface area contributed by atoms with E-state index in [4.69, 9.17) is 5.73 Å². The zero-order chi connectivity index (χ0) is 19.0. The Kier molecular flexibility index (Phi) is 4.36. The lowest BCUT2D eigenvalue weighted by Gasteiger charge is -2.42. The standard InChI is InChI=1S/C21H21N3O2S/c1-13-11-27-12-18(13)17-9-16(22)10-23-19(17)14-3-5-15(6-4-14)21(7-2-8-21)24-20(25)26/h3-6,9-12,24H,2,7-8,22H2,1H3,(H,25,26). The molecule has 1 aromatic carbocycles. The highest BCUT2D eigenvalue weighted by molar-refractivity contribution is 7.08. The Hall–Kier alpha value is -2.86. The van der Waals surface area contributed by atoms with Gasteiger partial charge in [-0.25, -0.2) is 4.79 Å². The molecular weight excluding hydrogens is 358 g/mol. The van der Waals surface area contributed by atoms with Crippen LogP contribution in [-0.2, 0) is 5.54 Å². The molecule has 1 aliphatic carbocycles. The molecule has 1 amide bonds. The van der Waals surface area contributed by atoms with Gasteiger partial charge in [0.2, 0.25) is 0 Å². The molecule has 0 saturated heterocycles. The molecule has 0 spiro atoms. The highest BCUT2D eigenvalue weighted by Gasteiger charge is 2.40. The molecule has 0 unspecified atom stereocenters. The van der Waals surface area contributed by atoms with Crippen LogP contribution in [0.25, 0.3) is 22.4 Å². The number of nitrogens with two attached hydrogens (primary N) is 1. The minimum absolute atomic E-state index is 0.453. The summed E-state index contributed by atoms with van der Waals surface area (Å²) in [4.78, 5) is 15.8. The van der Waals surface area contributed by atoms with Crippen LogP contribution >= 0.6 is 11.3 Å². The van der Waals surface area contributed by atoms with E-state index in [-0.39, 0.29) is 0 Å². The van der Waals surface area contributed by atoms with Gasteiger partial charge in [-0.15, -0.1) is 0 Å². The van der Waals surface area contributed by atoms with Crippen molar-refractivity contribution < 1.29 is 9.90 Å². The fourth-order valence-electron chi connectivity index (χ4n) is 3.72. The summed E-state index contributed by atoms with van der Waals surface area (Å²) in [5.41, 5.74) is 12.4. The SMILES string of the molecule is Cc1cscc1-c1cc(N)cnc1-c1ccc(C2(NC(=O)O)CCC2)cc1. The van der Waals surface area contributed by atoms with Crippen LogP contribution in [0.3, 0.4) is 0 Å². The van der Waals surface area contributed by atoms with Gasteiger partial charge in [0.1, 0.15) is 0 Å². The smallest absolute Gasteiger partial charge is 0.405 e. The number of hydrogen-bond donors (Lipinski definition) is 3. The summed E-state index contributed by atoms with van der Waals surface area (Å²) in [6.07, 6.45) is 3.39. The van der Waals surface area contributed by atoms with Gasteiger partial charge in [-0.1, -0.05) is 24.3 Å². The summed E-state index contributed by atoms with van der Waals surface area (Å²) in [6, 6.07) is 10.0. The minimum atomic E-state index is -0.978. The van der Waals surface area contributed by atoms with Gasteiger partial charge in [-0.05, 0) is 59.7 Å². The second kappa shape index (κ2) is 6.70. The first kappa shape index (κ1) is 17.5. The number of amides is 1. The maximum atomic E-state index is 11.2. The average Bonchev–Trinajstić information content (AvgIpc) is 3.04. The quantitative estimate of drug-likeness (QED) is 0.594. The van der Waals surface area contributed by atoms with Crippen LogP contribution < -0.4 is 11.1 Å². The van der Waals surface area contributed by atoms with E-state index in [1.807, 2.05) is 30.3 Å². The second-order valence-electron chi connectivity index (χ2n) is 7.08. The van der Waals surface area contributed by atoms with Gasteiger partial charge >= 0.3 is 6.09 Å². The molecule has 4 N–H and O–H groups in total. The number of aromatic nitrogens is 1. The van der Waals surface area contributed by atoms with Crippen LogP contribution in [0.1, 0.15) is 30.4 Å². The zero-order valence-electron chi connectivity index (χ0n) is 15.0. The second-order valence-corrected chi connectivity index (χ2v) is 7.82. The number of aryl methyl sites for hydroxylation is 1. The van der Waals surface area contributed by atoms with Gasteiger partial charge in [0.25, 0.3) is 0 Å². The van der Waals surface area contributed by atoms with Gasteiger partial charge in [-0.2, -0.15) is 11.3 Å². The highest BCUT2D eigenvalue weighted by atomic mass is 32.1. The lowest BCUT2D eigenvalue weighted by molar-refractivity contribution is 0.144. The Morgan fingerprint density at radius 3 is 2.52 bits per heavy atom. The van der Waals surface area contributed by atoms with E-state index in [1.165, 1.54) is 5.56 Å². The number of rotatable bonds is 4. The Labute approximate surface area is 161 Å². The number of pyridine rings is 1. The van der Waals surface area contributed by atoms with Crippen molar-refractivity contribution in [3.8, 4) is 22.4 Å². The van der Waals surface area contributed by atoms with Crippen molar-refractivity contribution in [3.63, 3.8) is 0 Å². The lowest BCUT2D eigenvalue weighted by Crippen LogP contribution is -2.50. The van der Waals surface area contributed by atoms with E-state index in [0.29, 0.717) is 5.69 Å². The lowest BCUT2D eigenvalue weighted by atomic mass is 9.71. The van der Waals surface area contributed by atoms with Crippen LogP contribution in [-0.4, -0.2) is 16.2 Å². The molecule has 0 bridgehead atoms. The maximum Gasteiger partial charge on any atom is 0.405 e. The number of hydrogen-bond acceptors (Lipinski definition) is 4. The Balaban J connectivity index is 1.73. The normalized spacial score (nSPS) is 15.1. The number of carbonyl (C=O) groups is 1. The molecular formula is C21H21N3O2S. The summed E-state index contributed by atoms with van der Waals surface area (Å²) in [5.74, 6) is 0. The highest BCUT2D eigenvalue weighted by Crippen LogP contribution is 2.42. The fourth-order valence-corrected chi connectivity index (χ4v) is 4.57. The topological polar surface area (TPSA) is 88.2 Å². The van der Waals surface area contributed by atoms with Crippen LogP contribution in [0.15, 0.2) is 47.3 Å². The van der Waals surface area contributed by atoms with Crippen LogP contribution in [0.5, 0.6) is 0 Å². The fraction of sp³-hybridized carbons (Fsp3) is 0.238. The number of nitrogen functional groups attached to an aromatic ring is 1. The molecule has 2 heterocycles. The Morgan fingerprint density at radius 2 is 1.96 bits per heavy atom. The molecule has 1 aliphatic rings. The number of anilines is 1. The third-order valence-corrected chi connectivity index (χ3v) is 6.18. The van der Waals surface area contributed by atoms with Gasteiger partial charge in [0.15, 0.2) is 0 Å². The number of nitrogens with zero attached hydrogens (tertiary/aromatic N) is 1. The number of carboxylic acid groups (broad SMARTS) is 1. The van der Waals surface area contributed by atoms with E-state index in [0.717, 1.165) is 47.2 Å². The van der Waals surface area contributed by atoms with Crippen LogP contribution in [0.2, 0.25) is 0 Å². The molecule has 0 aliphatic heterocycles. The summed E-state index contributed by atoms with van der Waals surface area (Å²) in [6.45, 7) is 2.08. The third-order valence-electron chi connectivity index (χ3n) is 5.32. The van der Waals surface area contributed by atoms with Crippen molar-refractivity contribution in [2.45, 2.75) is 31.7 Å². The molecule has 6 heteroatoms. The largest absolute Gasteiger partial charge is 0.465 e. The van der Waals surface area contributed by atoms with E-state index in [2.05, 4.69) is 28.0 Å². The molecule has 1 fully saturated rings. The van der Waals surface area contributed by atoms with Gasteiger partial charge in [0.05, 0.1) is 23.1 Å². The van der Waals surface area contributed by atoms with Gasteiger partial charge in [-0.3, -0.25) is 4.98 Å². The number of thiophene rings is 1. The maximum absolute atomic E-state index is 11.2. The van der Waals surface area contributed by atoms with Crippen molar-refractivity contribution in [1.82, 2.24) is 10.3 Å². The predicted octanol–water partition coefficient (Wildman–Crippen LogP) is 5.01. The van der Waals surface area contributed by atoms with E-state index in [1.54, 1.807) is 17.5 Å². The molecule has 138 valence electrons. The molecule has 4 rings (SSSR count). The summed E-state index contributed by atoms with van der Waals surface area (Å²) >= 11 is 1.66. The van der Waals surface area contributed by atoms with Crippen LogP contribution in [0, 0.1) is 6.92 Å². The van der Waals surface area contributed by atoms with Crippen molar-refractivity contribution >= 4 is 23.1 Å². The molecule has 3 aromatic rings. The molecule has 5 nitrogen and oxygen atoms in total. The average molecular weight is 379 g/mol. The summed E-state index contributed by atoms with van der Waals surface area (Å²) in [5, 5.41) is 16.1. The van der Waals surface area contributed by atoms with Crippen molar-refractivity contribution in [3.05, 3.63) is 58.4 Å². The van der Waals surface area contributed by atoms with Gasteiger partial charge < -0.3 is 16.2 Å². The first-order valence-electron chi connectivity index (χ1n) is 8.89. The predicted molar refractivity (Wildman–Crippen MR) is 109 cm³/mol. The molecule has 0 radical (unpaired) electrons. The Morgan fingerprint density at radius 1 is 1.22 bits per heavy atom.